The standard InChI is InChI=1S/C21H22N6O2/c1-3-25-18(15-11-8-12-29-15)23-17-19(25)27-21(26(4-2)20(17)28)22-16(24-27)13-14-9-6-5-7-10-14/h5-12,18,23H,3-4,13H2,1-2H3. The molecule has 0 saturated heterocycles. The van der Waals surface area contributed by atoms with Gasteiger partial charge < -0.3 is 14.6 Å². The number of aromatic nitrogens is 4. The predicted molar refractivity (Wildman–Crippen MR) is 110 cm³/mol. The summed E-state index contributed by atoms with van der Waals surface area (Å²) in [5.74, 6) is 2.72. The van der Waals surface area contributed by atoms with Gasteiger partial charge in [-0.05, 0) is 31.5 Å². The number of benzene rings is 1. The van der Waals surface area contributed by atoms with Crippen molar-refractivity contribution in [2.75, 3.05) is 16.8 Å². The van der Waals surface area contributed by atoms with Gasteiger partial charge in [0.05, 0.1) is 6.26 Å². The molecular formula is C21H22N6O2. The number of anilines is 2. The van der Waals surface area contributed by atoms with Crippen LogP contribution in [0.2, 0.25) is 0 Å². The lowest BCUT2D eigenvalue weighted by molar-refractivity contribution is 0.474. The third-order valence-electron chi connectivity index (χ3n) is 5.30. The fraction of sp³-hybridized carbons (Fsp3) is 0.286. The number of hydrogen-bond acceptors (Lipinski definition) is 6. The molecule has 0 radical (unpaired) electrons. The molecule has 8 nitrogen and oxygen atoms in total. The molecule has 1 aliphatic rings. The van der Waals surface area contributed by atoms with Gasteiger partial charge >= 0.3 is 0 Å². The third kappa shape index (κ3) is 2.71. The monoisotopic (exact) mass is 390 g/mol. The number of nitrogens with one attached hydrogen (secondary N) is 1. The summed E-state index contributed by atoms with van der Waals surface area (Å²) in [5.41, 5.74) is 1.56. The van der Waals surface area contributed by atoms with Gasteiger partial charge in [-0.3, -0.25) is 9.36 Å². The number of hydrogen-bond donors (Lipinski definition) is 1. The molecule has 148 valence electrons. The molecule has 1 atom stereocenters. The molecule has 3 aromatic heterocycles. The van der Waals surface area contributed by atoms with E-state index in [0.717, 1.165) is 17.1 Å². The summed E-state index contributed by atoms with van der Waals surface area (Å²) < 4.78 is 9.06. The molecule has 1 aliphatic heterocycles. The minimum atomic E-state index is -0.254. The molecule has 4 heterocycles. The van der Waals surface area contributed by atoms with Crippen LogP contribution < -0.4 is 15.8 Å². The molecule has 1 N–H and O–H groups in total. The molecule has 0 bridgehead atoms. The zero-order valence-electron chi connectivity index (χ0n) is 16.4. The number of aryl methyl sites for hydroxylation is 1. The SMILES string of the molecule is CCN1c2c(c(=O)n(CC)c3nc(Cc4ccccc4)nn23)NC1c1ccco1. The Balaban J connectivity index is 1.68. The van der Waals surface area contributed by atoms with Gasteiger partial charge in [-0.25, -0.2) is 0 Å². The Bertz CT molecular complexity index is 1210. The smallest absolute Gasteiger partial charge is 0.280 e. The van der Waals surface area contributed by atoms with E-state index in [4.69, 9.17) is 14.5 Å². The minimum absolute atomic E-state index is 0.0961. The first-order valence-corrected chi connectivity index (χ1v) is 9.84. The van der Waals surface area contributed by atoms with Crippen molar-refractivity contribution in [1.29, 1.82) is 0 Å². The summed E-state index contributed by atoms with van der Waals surface area (Å²) in [7, 11) is 0. The predicted octanol–water partition coefficient (Wildman–Crippen LogP) is 3.05. The molecule has 0 aliphatic carbocycles. The molecule has 4 aromatic rings. The highest BCUT2D eigenvalue weighted by atomic mass is 16.3. The number of rotatable bonds is 5. The van der Waals surface area contributed by atoms with E-state index < -0.39 is 0 Å². The van der Waals surface area contributed by atoms with Crippen molar-refractivity contribution < 1.29 is 4.42 Å². The van der Waals surface area contributed by atoms with E-state index in [1.165, 1.54) is 0 Å². The van der Waals surface area contributed by atoms with Gasteiger partial charge in [0.15, 0.2) is 17.8 Å². The highest BCUT2D eigenvalue weighted by Gasteiger charge is 2.36. The summed E-state index contributed by atoms with van der Waals surface area (Å²) in [6.07, 6.45) is 1.99. The van der Waals surface area contributed by atoms with Gasteiger partial charge in [0.1, 0.15) is 11.4 Å². The quantitative estimate of drug-likeness (QED) is 0.564. The number of furan rings is 1. The Kier molecular flexibility index (Phi) is 4.12. The summed E-state index contributed by atoms with van der Waals surface area (Å²) in [5, 5.41) is 8.12. The van der Waals surface area contributed by atoms with E-state index in [2.05, 4.69) is 22.3 Å². The first kappa shape index (κ1) is 17.5. The van der Waals surface area contributed by atoms with E-state index in [1.54, 1.807) is 15.3 Å². The van der Waals surface area contributed by atoms with E-state index in [0.29, 0.717) is 36.8 Å². The molecule has 8 heteroatoms. The molecule has 0 saturated carbocycles. The molecule has 1 unspecified atom stereocenters. The van der Waals surface area contributed by atoms with Crippen molar-refractivity contribution in [3.8, 4) is 0 Å². The first-order valence-electron chi connectivity index (χ1n) is 9.84. The van der Waals surface area contributed by atoms with E-state index in [1.807, 2.05) is 44.2 Å². The van der Waals surface area contributed by atoms with E-state index in [9.17, 15) is 4.79 Å². The molecule has 1 aromatic carbocycles. The zero-order valence-corrected chi connectivity index (χ0v) is 16.4. The fourth-order valence-electron chi connectivity index (χ4n) is 3.96. The Morgan fingerprint density at radius 2 is 1.93 bits per heavy atom. The lowest BCUT2D eigenvalue weighted by atomic mass is 10.1. The van der Waals surface area contributed by atoms with Crippen molar-refractivity contribution >= 4 is 17.3 Å². The van der Waals surface area contributed by atoms with Gasteiger partial charge in [0.25, 0.3) is 5.56 Å². The summed E-state index contributed by atoms with van der Waals surface area (Å²) >= 11 is 0. The van der Waals surface area contributed by atoms with Crippen LogP contribution in [0.3, 0.4) is 0 Å². The molecule has 29 heavy (non-hydrogen) atoms. The highest BCUT2D eigenvalue weighted by Crippen LogP contribution is 2.39. The maximum absolute atomic E-state index is 13.2. The number of fused-ring (bicyclic) bond motifs is 3. The maximum Gasteiger partial charge on any atom is 0.280 e. The van der Waals surface area contributed by atoms with Gasteiger partial charge in [-0.1, -0.05) is 30.3 Å². The zero-order chi connectivity index (χ0) is 20.0. The topological polar surface area (TPSA) is 80.6 Å². The lowest BCUT2D eigenvalue weighted by Crippen LogP contribution is -2.28. The summed E-state index contributed by atoms with van der Waals surface area (Å²) in [4.78, 5) is 20.0. The normalized spacial score (nSPS) is 15.7. The van der Waals surface area contributed by atoms with Gasteiger partial charge in [0.2, 0.25) is 5.78 Å². The second-order valence-electron chi connectivity index (χ2n) is 7.00. The van der Waals surface area contributed by atoms with Crippen LogP contribution in [-0.2, 0) is 13.0 Å². The van der Waals surface area contributed by atoms with E-state index >= 15 is 0 Å². The third-order valence-corrected chi connectivity index (χ3v) is 5.30. The Hall–Kier alpha value is -3.55. The van der Waals surface area contributed by atoms with Crippen LogP contribution in [0.15, 0.2) is 57.9 Å². The summed E-state index contributed by atoms with van der Waals surface area (Å²) in [6.45, 7) is 5.18. The van der Waals surface area contributed by atoms with Crippen LogP contribution >= 0.6 is 0 Å². The average molecular weight is 390 g/mol. The van der Waals surface area contributed by atoms with Gasteiger partial charge in [0, 0.05) is 19.5 Å². The van der Waals surface area contributed by atoms with Crippen LogP contribution in [0.5, 0.6) is 0 Å². The number of nitrogens with zero attached hydrogens (tertiary/aromatic N) is 5. The van der Waals surface area contributed by atoms with Crippen LogP contribution in [0, 0.1) is 0 Å². The van der Waals surface area contributed by atoms with Gasteiger partial charge in [-0.2, -0.15) is 9.50 Å². The summed E-state index contributed by atoms with van der Waals surface area (Å²) in [6, 6.07) is 13.8. The Labute approximate surface area is 167 Å². The Morgan fingerprint density at radius 3 is 2.62 bits per heavy atom. The second-order valence-corrected chi connectivity index (χ2v) is 7.00. The van der Waals surface area contributed by atoms with Crippen molar-refractivity contribution in [3.05, 3.63) is 76.2 Å². The van der Waals surface area contributed by atoms with Crippen molar-refractivity contribution in [1.82, 2.24) is 19.2 Å². The first-order chi connectivity index (χ1) is 14.2. The highest BCUT2D eigenvalue weighted by molar-refractivity contribution is 5.74. The Morgan fingerprint density at radius 1 is 1.10 bits per heavy atom. The van der Waals surface area contributed by atoms with Gasteiger partial charge in [-0.15, -0.1) is 5.10 Å². The molecule has 0 amide bonds. The van der Waals surface area contributed by atoms with E-state index in [-0.39, 0.29) is 11.7 Å². The van der Waals surface area contributed by atoms with Crippen molar-refractivity contribution in [2.45, 2.75) is 33.0 Å². The molecule has 5 rings (SSSR count). The lowest BCUT2D eigenvalue weighted by Gasteiger charge is -2.23. The van der Waals surface area contributed by atoms with Crippen molar-refractivity contribution in [2.24, 2.45) is 0 Å². The fourth-order valence-corrected chi connectivity index (χ4v) is 3.96. The average Bonchev–Trinajstić information content (AvgIpc) is 3.47. The second kappa shape index (κ2) is 6.80. The minimum Gasteiger partial charge on any atom is -0.465 e. The van der Waals surface area contributed by atoms with Crippen molar-refractivity contribution in [3.63, 3.8) is 0 Å². The van der Waals surface area contributed by atoms with Crippen LogP contribution in [0.1, 0.15) is 37.2 Å². The molecule has 0 spiro atoms. The maximum atomic E-state index is 13.2. The largest absolute Gasteiger partial charge is 0.465 e. The molecule has 0 fully saturated rings. The van der Waals surface area contributed by atoms with Crippen LogP contribution in [-0.4, -0.2) is 25.7 Å². The van der Waals surface area contributed by atoms with Crippen LogP contribution in [0.25, 0.3) is 5.78 Å². The van der Waals surface area contributed by atoms with Crippen LogP contribution in [0.4, 0.5) is 11.5 Å². The molecular weight excluding hydrogens is 368 g/mol.